The standard InChI is InChI=1S/C17H20N4O2/c1-4-10-18-15-11-12(3)19-17(21-15)20-14-8-6-13(7-9-14)16(22)23-5-2/h4,6-9,11H,1,5,10H2,2-3H3,(H2,18,19,20,21). The maximum Gasteiger partial charge on any atom is 0.338 e. The van der Waals surface area contributed by atoms with Gasteiger partial charge in [-0.3, -0.25) is 0 Å². The zero-order valence-electron chi connectivity index (χ0n) is 13.3. The number of rotatable bonds is 7. The number of esters is 1. The van der Waals surface area contributed by atoms with E-state index >= 15 is 0 Å². The largest absolute Gasteiger partial charge is 0.462 e. The van der Waals surface area contributed by atoms with E-state index in [1.165, 1.54) is 0 Å². The van der Waals surface area contributed by atoms with Crippen molar-refractivity contribution in [1.82, 2.24) is 9.97 Å². The average Bonchev–Trinajstić information content (AvgIpc) is 2.53. The fourth-order valence-electron chi connectivity index (χ4n) is 1.92. The zero-order valence-corrected chi connectivity index (χ0v) is 13.3. The molecule has 2 aromatic rings. The number of aryl methyl sites for hydroxylation is 1. The van der Waals surface area contributed by atoms with Gasteiger partial charge in [-0.15, -0.1) is 6.58 Å². The lowest BCUT2D eigenvalue weighted by atomic mass is 10.2. The Balaban J connectivity index is 2.11. The molecule has 120 valence electrons. The second kappa shape index (κ2) is 7.93. The molecule has 0 radical (unpaired) electrons. The normalized spacial score (nSPS) is 10.0. The quantitative estimate of drug-likeness (QED) is 0.603. The number of nitrogens with zero attached hydrogens (tertiary/aromatic N) is 2. The van der Waals surface area contributed by atoms with Crippen LogP contribution in [0.5, 0.6) is 0 Å². The second-order valence-electron chi connectivity index (χ2n) is 4.81. The SMILES string of the molecule is C=CCNc1cc(C)nc(Nc2ccc(C(=O)OCC)cc2)n1. The van der Waals surface area contributed by atoms with Crippen LogP contribution < -0.4 is 10.6 Å². The van der Waals surface area contributed by atoms with E-state index in [9.17, 15) is 4.79 Å². The van der Waals surface area contributed by atoms with E-state index in [2.05, 4.69) is 27.2 Å². The van der Waals surface area contributed by atoms with Crippen molar-refractivity contribution in [3.05, 3.63) is 54.2 Å². The summed E-state index contributed by atoms with van der Waals surface area (Å²) in [5, 5.41) is 6.25. The van der Waals surface area contributed by atoms with E-state index in [0.29, 0.717) is 24.7 Å². The van der Waals surface area contributed by atoms with Crippen molar-refractivity contribution in [2.45, 2.75) is 13.8 Å². The van der Waals surface area contributed by atoms with Crippen LogP contribution in [0.4, 0.5) is 17.5 Å². The lowest BCUT2D eigenvalue weighted by molar-refractivity contribution is 0.0526. The Bertz CT molecular complexity index is 683. The van der Waals surface area contributed by atoms with Crippen molar-refractivity contribution < 1.29 is 9.53 Å². The van der Waals surface area contributed by atoms with Crippen molar-refractivity contribution in [1.29, 1.82) is 0 Å². The summed E-state index contributed by atoms with van der Waals surface area (Å²) in [7, 11) is 0. The number of hydrogen-bond donors (Lipinski definition) is 2. The third-order valence-electron chi connectivity index (χ3n) is 2.93. The smallest absolute Gasteiger partial charge is 0.338 e. The molecule has 0 fully saturated rings. The van der Waals surface area contributed by atoms with Gasteiger partial charge in [-0.25, -0.2) is 9.78 Å². The highest BCUT2D eigenvalue weighted by Gasteiger charge is 2.07. The first-order valence-electron chi connectivity index (χ1n) is 7.37. The summed E-state index contributed by atoms with van der Waals surface area (Å²) in [5.41, 5.74) is 2.14. The number of carbonyl (C=O) groups is 1. The molecule has 0 saturated heterocycles. The fourth-order valence-corrected chi connectivity index (χ4v) is 1.92. The summed E-state index contributed by atoms with van der Waals surface area (Å²) in [6.07, 6.45) is 1.76. The fraction of sp³-hybridized carbons (Fsp3) is 0.235. The van der Waals surface area contributed by atoms with Crippen molar-refractivity contribution in [3.8, 4) is 0 Å². The summed E-state index contributed by atoms with van der Waals surface area (Å²) in [6, 6.07) is 8.84. The highest BCUT2D eigenvalue weighted by Crippen LogP contribution is 2.17. The van der Waals surface area contributed by atoms with Crippen LogP contribution in [0.3, 0.4) is 0 Å². The lowest BCUT2D eigenvalue weighted by Gasteiger charge is -2.09. The van der Waals surface area contributed by atoms with Gasteiger partial charge in [0.25, 0.3) is 0 Å². The van der Waals surface area contributed by atoms with E-state index in [1.807, 2.05) is 13.0 Å². The molecule has 0 aliphatic heterocycles. The molecule has 23 heavy (non-hydrogen) atoms. The van der Waals surface area contributed by atoms with Crippen LogP contribution in [0.15, 0.2) is 43.0 Å². The minimum Gasteiger partial charge on any atom is -0.462 e. The van der Waals surface area contributed by atoms with Crippen LogP contribution in [0.2, 0.25) is 0 Å². The van der Waals surface area contributed by atoms with Gasteiger partial charge in [0, 0.05) is 24.0 Å². The zero-order chi connectivity index (χ0) is 16.7. The number of carbonyl (C=O) groups excluding carboxylic acids is 1. The van der Waals surface area contributed by atoms with E-state index in [4.69, 9.17) is 4.74 Å². The van der Waals surface area contributed by atoms with E-state index < -0.39 is 0 Å². The third-order valence-corrected chi connectivity index (χ3v) is 2.93. The minimum atomic E-state index is -0.332. The Labute approximate surface area is 135 Å². The van der Waals surface area contributed by atoms with Gasteiger partial charge < -0.3 is 15.4 Å². The van der Waals surface area contributed by atoms with Gasteiger partial charge in [-0.05, 0) is 38.1 Å². The molecule has 0 amide bonds. The average molecular weight is 312 g/mol. The van der Waals surface area contributed by atoms with Crippen molar-refractivity contribution in [2.75, 3.05) is 23.8 Å². The van der Waals surface area contributed by atoms with E-state index in [1.54, 1.807) is 37.3 Å². The summed E-state index contributed by atoms with van der Waals surface area (Å²) in [4.78, 5) is 20.3. The Morgan fingerprint density at radius 3 is 2.70 bits per heavy atom. The molecular weight excluding hydrogens is 292 g/mol. The molecule has 2 N–H and O–H groups in total. The number of nitrogens with one attached hydrogen (secondary N) is 2. The molecule has 0 bridgehead atoms. The molecule has 0 aliphatic rings. The monoisotopic (exact) mass is 312 g/mol. The predicted molar refractivity (Wildman–Crippen MR) is 91.1 cm³/mol. The summed E-state index contributed by atoms with van der Waals surface area (Å²) < 4.78 is 4.95. The molecule has 1 heterocycles. The molecule has 1 aromatic heterocycles. The van der Waals surface area contributed by atoms with Crippen LogP contribution in [0, 0.1) is 6.92 Å². The number of aromatic nitrogens is 2. The van der Waals surface area contributed by atoms with E-state index in [-0.39, 0.29) is 5.97 Å². The van der Waals surface area contributed by atoms with Crippen LogP contribution >= 0.6 is 0 Å². The first-order valence-corrected chi connectivity index (χ1v) is 7.37. The Hall–Kier alpha value is -2.89. The van der Waals surface area contributed by atoms with Gasteiger partial charge >= 0.3 is 5.97 Å². The highest BCUT2D eigenvalue weighted by molar-refractivity contribution is 5.89. The molecule has 0 spiro atoms. The Kier molecular flexibility index (Phi) is 5.68. The number of ether oxygens (including phenoxy) is 1. The van der Waals surface area contributed by atoms with E-state index in [0.717, 1.165) is 17.2 Å². The molecule has 0 atom stereocenters. The molecule has 0 aliphatic carbocycles. The topological polar surface area (TPSA) is 76.1 Å². The minimum absolute atomic E-state index is 0.332. The number of hydrogen-bond acceptors (Lipinski definition) is 6. The molecule has 6 nitrogen and oxygen atoms in total. The van der Waals surface area contributed by atoms with Crippen molar-refractivity contribution >= 4 is 23.4 Å². The van der Waals surface area contributed by atoms with Crippen molar-refractivity contribution in [3.63, 3.8) is 0 Å². The Morgan fingerprint density at radius 1 is 1.30 bits per heavy atom. The third kappa shape index (κ3) is 4.81. The Morgan fingerprint density at radius 2 is 2.04 bits per heavy atom. The van der Waals surface area contributed by atoms with Crippen LogP contribution in [0.25, 0.3) is 0 Å². The van der Waals surface area contributed by atoms with Crippen LogP contribution in [0.1, 0.15) is 23.0 Å². The molecule has 2 rings (SSSR count). The maximum absolute atomic E-state index is 11.6. The van der Waals surface area contributed by atoms with Gasteiger partial charge in [0.2, 0.25) is 5.95 Å². The maximum atomic E-state index is 11.6. The lowest BCUT2D eigenvalue weighted by Crippen LogP contribution is -2.06. The predicted octanol–water partition coefficient (Wildman–Crippen LogP) is 3.30. The van der Waals surface area contributed by atoms with Gasteiger partial charge in [0.05, 0.1) is 12.2 Å². The van der Waals surface area contributed by atoms with Gasteiger partial charge in [-0.1, -0.05) is 6.08 Å². The molecular formula is C17H20N4O2. The molecule has 0 saturated carbocycles. The number of anilines is 3. The van der Waals surface area contributed by atoms with Gasteiger partial charge in [0.1, 0.15) is 5.82 Å². The highest BCUT2D eigenvalue weighted by atomic mass is 16.5. The van der Waals surface area contributed by atoms with Crippen LogP contribution in [-0.4, -0.2) is 29.1 Å². The number of benzene rings is 1. The van der Waals surface area contributed by atoms with Crippen molar-refractivity contribution in [2.24, 2.45) is 0 Å². The first-order chi connectivity index (χ1) is 11.1. The second-order valence-corrected chi connectivity index (χ2v) is 4.81. The first kappa shape index (κ1) is 16.5. The van der Waals surface area contributed by atoms with Gasteiger partial charge in [0.15, 0.2) is 0 Å². The molecule has 6 heteroatoms. The summed E-state index contributed by atoms with van der Waals surface area (Å²) in [6.45, 7) is 8.33. The van der Waals surface area contributed by atoms with Crippen LogP contribution in [-0.2, 0) is 4.74 Å². The molecule has 0 unspecified atom stereocenters. The van der Waals surface area contributed by atoms with Gasteiger partial charge in [-0.2, -0.15) is 4.98 Å². The summed E-state index contributed by atoms with van der Waals surface area (Å²) >= 11 is 0. The summed E-state index contributed by atoms with van der Waals surface area (Å²) in [5.74, 6) is 0.880. The molecule has 1 aromatic carbocycles.